The molecule has 9 heteroatoms. The molecule has 1 heterocycles. The summed E-state index contributed by atoms with van der Waals surface area (Å²) in [6, 6.07) is 11.5. The normalized spacial score (nSPS) is 16.1. The van der Waals surface area contributed by atoms with Gasteiger partial charge < -0.3 is 19.9 Å². The number of hydrogen-bond donors (Lipinski definition) is 2. The van der Waals surface area contributed by atoms with Crippen molar-refractivity contribution in [3.05, 3.63) is 75.3 Å². The number of hydrogen-bond acceptors (Lipinski definition) is 4. The van der Waals surface area contributed by atoms with Crippen molar-refractivity contribution in [2.45, 2.75) is 30.9 Å². The fourth-order valence-electron chi connectivity index (χ4n) is 3.72. The molecule has 1 amide bonds. The van der Waals surface area contributed by atoms with Crippen LogP contribution in [-0.4, -0.2) is 72.9 Å². The van der Waals surface area contributed by atoms with Crippen molar-refractivity contribution in [2.75, 3.05) is 20.3 Å². The summed E-state index contributed by atoms with van der Waals surface area (Å²) in [5, 5.41) is 12.3. The zero-order chi connectivity index (χ0) is 23.1. The average molecular weight is 502 g/mol. The minimum atomic E-state index is -1.15. The molecule has 0 spiro atoms. The number of halogens is 2. The second-order valence-electron chi connectivity index (χ2n) is 7.53. The number of methoxy groups -OCH3 is 1. The van der Waals surface area contributed by atoms with Crippen LogP contribution in [0.25, 0.3) is 6.08 Å². The molecule has 1 fully saturated rings. The van der Waals surface area contributed by atoms with Gasteiger partial charge in [0.2, 0.25) is 0 Å². The maximum atomic E-state index is 12.5. The Labute approximate surface area is 225 Å². The van der Waals surface area contributed by atoms with Crippen LogP contribution in [0, 0.1) is 0 Å². The van der Waals surface area contributed by atoms with Crippen LogP contribution in [0.5, 0.6) is 0 Å². The zero-order valence-corrected chi connectivity index (χ0v) is 19.2. The van der Waals surface area contributed by atoms with E-state index in [2.05, 4.69) is 5.32 Å². The molecular formula is C24H26Cl2NNaO5. The van der Waals surface area contributed by atoms with Crippen molar-refractivity contribution < 1.29 is 24.2 Å². The van der Waals surface area contributed by atoms with E-state index >= 15 is 0 Å². The summed E-state index contributed by atoms with van der Waals surface area (Å²) < 4.78 is 11.3. The summed E-state index contributed by atoms with van der Waals surface area (Å²) in [7, 11) is 1.72. The SMILES string of the molecule is COC1(c2ccc(C=CCC(NC(=O)c3c(Cl)cccc3Cl)C(=O)O)cc2)CCOCC1.[NaH]. The second kappa shape index (κ2) is 12.9. The summed E-state index contributed by atoms with van der Waals surface area (Å²) in [5.74, 6) is -1.78. The van der Waals surface area contributed by atoms with E-state index in [1.54, 1.807) is 19.3 Å². The average Bonchev–Trinajstić information content (AvgIpc) is 2.79. The first kappa shape index (κ1) is 27.9. The maximum absolute atomic E-state index is 12.5. The Bertz CT molecular complexity index is 971. The van der Waals surface area contributed by atoms with E-state index in [9.17, 15) is 14.7 Å². The van der Waals surface area contributed by atoms with E-state index in [0.717, 1.165) is 24.0 Å². The Kier molecular flexibility index (Phi) is 10.9. The fraction of sp³-hybridized carbons (Fsp3) is 0.333. The molecule has 172 valence electrons. The number of amides is 1. The quantitative estimate of drug-likeness (QED) is 0.527. The summed E-state index contributed by atoms with van der Waals surface area (Å²) in [4.78, 5) is 24.1. The van der Waals surface area contributed by atoms with Gasteiger partial charge in [-0.2, -0.15) is 0 Å². The Morgan fingerprint density at radius 2 is 1.76 bits per heavy atom. The first-order valence-corrected chi connectivity index (χ1v) is 11.0. The number of nitrogens with one attached hydrogen (secondary N) is 1. The van der Waals surface area contributed by atoms with Crippen LogP contribution in [-0.2, 0) is 19.9 Å². The Morgan fingerprint density at radius 3 is 2.30 bits per heavy atom. The first-order chi connectivity index (χ1) is 15.4. The van der Waals surface area contributed by atoms with Crippen molar-refractivity contribution in [2.24, 2.45) is 0 Å². The van der Waals surface area contributed by atoms with Gasteiger partial charge in [0.1, 0.15) is 6.04 Å². The van der Waals surface area contributed by atoms with Crippen LogP contribution in [0.4, 0.5) is 0 Å². The third-order valence-corrected chi connectivity index (χ3v) is 6.23. The number of carbonyl (C=O) groups is 2. The summed E-state index contributed by atoms with van der Waals surface area (Å²) in [6.45, 7) is 1.33. The molecule has 0 aliphatic carbocycles. The van der Waals surface area contributed by atoms with Crippen molar-refractivity contribution in [1.29, 1.82) is 0 Å². The van der Waals surface area contributed by atoms with Crippen LogP contribution in [0.15, 0.2) is 48.5 Å². The van der Waals surface area contributed by atoms with E-state index in [4.69, 9.17) is 32.7 Å². The first-order valence-electron chi connectivity index (χ1n) is 10.2. The van der Waals surface area contributed by atoms with Gasteiger partial charge in [0, 0.05) is 33.2 Å². The van der Waals surface area contributed by atoms with Gasteiger partial charge in [0.05, 0.1) is 21.2 Å². The van der Waals surface area contributed by atoms with E-state index in [1.165, 1.54) is 12.1 Å². The van der Waals surface area contributed by atoms with Gasteiger partial charge in [0.15, 0.2) is 0 Å². The van der Waals surface area contributed by atoms with Crippen LogP contribution < -0.4 is 5.32 Å². The van der Waals surface area contributed by atoms with Crippen LogP contribution in [0.1, 0.15) is 40.7 Å². The minimum absolute atomic E-state index is 0. The molecule has 2 aromatic carbocycles. The van der Waals surface area contributed by atoms with Gasteiger partial charge in [-0.3, -0.25) is 4.79 Å². The molecule has 1 atom stereocenters. The molecule has 1 saturated heterocycles. The second-order valence-corrected chi connectivity index (χ2v) is 8.35. The van der Waals surface area contributed by atoms with Crippen LogP contribution in [0.3, 0.4) is 0 Å². The molecule has 1 unspecified atom stereocenters. The van der Waals surface area contributed by atoms with Crippen molar-refractivity contribution in [1.82, 2.24) is 5.32 Å². The molecule has 6 nitrogen and oxygen atoms in total. The predicted octanol–water partition coefficient (Wildman–Crippen LogP) is 4.28. The number of carboxylic acid groups (broad SMARTS) is 1. The number of carboxylic acids is 1. The number of ether oxygens (including phenoxy) is 2. The van der Waals surface area contributed by atoms with Crippen LogP contribution >= 0.6 is 23.2 Å². The van der Waals surface area contributed by atoms with Crippen molar-refractivity contribution in [3.63, 3.8) is 0 Å². The van der Waals surface area contributed by atoms with E-state index in [1.807, 2.05) is 30.3 Å². The topological polar surface area (TPSA) is 84.9 Å². The van der Waals surface area contributed by atoms with Gasteiger partial charge in [-0.05, 0) is 29.7 Å². The summed E-state index contributed by atoms with van der Waals surface area (Å²) >= 11 is 12.1. The van der Waals surface area contributed by atoms with Gasteiger partial charge in [-0.1, -0.05) is 65.7 Å². The number of benzene rings is 2. The summed E-state index contributed by atoms with van der Waals surface area (Å²) in [6.07, 6.45) is 5.23. The molecule has 0 bridgehead atoms. The third kappa shape index (κ3) is 7.06. The van der Waals surface area contributed by atoms with Gasteiger partial charge in [-0.25, -0.2) is 4.79 Å². The molecule has 3 rings (SSSR count). The number of rotatable bonds is 8. The third-order valence-electron chi connectivity index (χ3n) is 5.60. The molecule has 0 saturated carbocycles. The van der Waals surface area contributed by atoms with E-state index in [0.29, 0.717) is 13.2 Å². The molecule has 0 aromatic heterocycles. The Balaban J connectivity index is 0.00000385. The predicted molar refractivity (Wildman–Crippen MR) is 131 cm³/mol. The van der Waals surface area contributed by atoms with Gasteiger partial charge in [-0.15, -0.1) is 0 Å². The van der Waals surface area contributed by atoms with Gasteiger partial charge in [0.25, 0.3) is 5.91 Å². The van der Waals surface area contributed by atoms with E-state index in [-0.39, 0.29) is 57.2 Å². The summed E-state index contributed by atoms with van der Waals surface area (Å²) in [5.41, 5.74) is 1.73. The number of carbonyl (C=O) groups excluding carboxylic acids is 1. The van der Waals surface area contributed by atoms with E-state index < -0.39 is 17.9 Å². The zero-order valence-electron chi connectivity index (χ0n) is 17.6. The monoisotopic (exact) mass is 501 g/mol. The molecule has 1 aliphatic rings. The molecule has 2 N–H and O–H groups in total. The van der Waals surface area contributed by atoms with Crippen molar-refractivity contribution >= 4 is 70.7 Å². The molecular weight excluding hydrogens is 476 g/mol. The van der Waals surface area contributed by atoms with Crippen LogP contribution in [0.2, 0.25) is 10.0 Å². The van der Waals surface area contributed by atoms with Gasteiger partial charge >= 0.3 is 35.5 Å². The molecule has 0 radical (unpaired) electrons. The molecule has 33 heavy (non-hydrogen) atoms. The standard InChI is InChI=1S/C24H25Cl2NO5.Na.H/c1-31-24(12-14-32-15-13-24)17-10-8-16(9-11-17)4-2-7-20(23(29)30)27-22(28)21-18(25)5-3-6-19(21)26;;/h2-6,8-11,20H,7,12-15H2,1H3,(H,27,28)(H,29,30);;. The Morgan fingerprint density at radius 1 is 1.15 bits per heavy atom. The Hall–Kier alpha value is -1.38. The molecule has 2 aromatic rings. The number of aliphatic carboxylic acids is 1. The van der Waals surface area contributed by atoms with Crippen molar-refractivity contribution in [3.8, 4) is 0 Å². The molecule has 1 aliphatic heterocycles. The fourth-order valence-corrected chi connectivity index (χ4v) is 4.29.